The lowest BCUT2D eigenvalue weighted by Crippen LogP contribution is -2.21. The Morgan fingerprint density at radius 3 is 2.37 bits per heavy atom. The highest BCUT2D eigenvalue weighted by atomic mass is 19.4. The largest absolute Gasteiger partial charge is 0.489 e. The Kier molecular flexibility index (Phi) is 6.25. The third-order valence-electron chi connectivity index (χ3n) is 4.12. The van der Waals surface area contributed by atoms with Crippen molar-refractivity contribution in [1.29, 1.82) is 0 Å². The number of rotatable bonds is 6. The van der Waals surface area contributed by atoms with Crippen LogP contribution in [0.15, 0.2) is 36.4 Å². The van der Waals surface area contributed by atoms with Crippen LogP contribution < -0.4 is 4.74 Å². The van der Waals surface area contributed by atoms with Gasteiger partial charge in [0.05, 0.1) is 12.7 Å². The summed E-state index contributed by atoms with van der Waals surface area (Å²) >= 11 is 0. The lowest BCUT2D eigenvalue weighted by atomic mass is 9.98. The first kappa shape index (κ1) is 20.5. The fourth-order valence-corrected chi connectivity index (χ4v) is 2.67. The second kappa shape index (κ2) is 8.24. The van der Waals surface area contributed by atoms with E-state index in [1.54, 1.807) is 13.0 Å². The molecule has 0 fully saturated rings. The Hall–Kier alpha value is -2.83. The zero-order valence-corrected chi connectivity index (χ0v) is 15.1. The number of aryl methyl sites for hydroxylation is 2. The maximum atomic E-state index is 13.4. The van der Waals surface area contributed by atoms with Crippen molar-refractivity contribution in [3.05, 3.63) is 64.2 Å². The second-order valence-electron chi connectivity index (χ2n) is 5.89. The van der Waals surface area contributed by atoms with Gasteiger partial charge in [0.15, 0.2) is 0 Å². The van der Waals surface area contributed by atoms with Gasteiger partial charge in [-0.1, -0.05) is 31.2 Å². The monoisotopic (exact) mass is 380 g/mol. The molecule has 0 N–H and O–H groups in total. The number of carbonyl (C=O) groups is 2. The van der Waals surface area contributed by atoms with Crippen LogP contribution in [0.5, 0.6) is 5.75 Å². The van der Waals surface area contributed by atoms with Crippen LogP contribution in [0.4, 0.5) is 13.2 Å². The molecule has 0 radical (unpaired) electrons. The SMILES string of the molecule is CCc1ccc(OCc2c(C(=O)C(=O)OC)cccc2C(F)(F)F)c(C)c1. The van der Waals surface area contributed by atoms with Gasteiger partial charge >= 0.3 is 12.1 Å². The van der Waals surface area contributed by atoms with Gasteiger partial charge in [-0.25, -0.2) is 4.79 Å². The summed E-state index contributed by atoms with van der Waals surface area (Å²) in [6, 6.07) is 8.44. The van der Waals surface area contributed by atoms with E-state index in [9.17, 15) is 22.8 Å². The van der Waals surface area contributed by atoms with Crippen LogP contribution in [0.3, 0.4) is 0 Å². The molecule has 27 heavy (non-hydrogen) atoms. The van der Waals surface area contributed by atoms with E-state index in [1.807, 2.05) is 19.1 Å². The van der Waals surface area contributed by atoms with Crippen LogP contribution in [0.25, 0.3) is 0 Å². The Morgan fingerprint density at radius 2 is 1.81 bits per heavy atom. The number of hydrogen-bond donors (Lipinski definition) is 0. The Balaban J connectivity index is 2.44. The predicted molar refractivity (Wildman–Crippen MR) is 92.7 cm³/mol. The maximum Gasteiger partial charge on any atom is 0.416 e. The van der Waals surface area contributed by atoms with Gasteiger partial charge in [0, 0.05) is 11.1 Å². The number of hydrogen-bond acceptors (Lipinski definition) is 4. The van der Waals surface area contributed by atoms with Crippen LogP contribution in [0, 0.1) is 6.92 Å². The van der Waals surface area contributed by atoms with Crippen LogP contribution in [0.1, 0.15) is 39.5 Å². The Labute approximate surface area is 154 Å². The van der Waals surface area contributed by atoms with E-state index in [0.29, 0.717) is 5.75 Å². The van der Waals surface area contributed by atoms with Crippen molar-refractivity contribution < 1.29 is 32.2 Å². The van der Waals surface area contributed by atoms with Gasteiger partial charge in [0.1, 0.15) is 12.4 Å². The van der Waals surface area contributed by atoms with Crippen molar-refractivity contribution in [3.8, 4) is 5.75 Å². The average Bonchev–Trinajstić information content (AvgIpc) is 2.64. The normalized spacial score (nSPS) is 11.2. The van der Waals surface area contributed by atoms with Crippen molar-refractivity contribution in [1.82, 2.24) is 0 Å². The highest BCUT2D eigenvalue weighted by Gasteiger charge is 2.36. The summed E-state index contributed by atoms with van der Waals surface area (Å²) in [5, 5.41) is 0. The number of esters is 1. The number of halogens is 3. The zero-order valence-electron chi connectivity index (χ0n) is 15.1. The molecule has 0 aliphatic rings. The number of alkyl halides is 3. The van der Waals surface area contributed by atoms with E-state index in [2.05, 4.69) is 4.74 Å². The van der Waals surface area contributed by atoms with Crippen LogP contribution >= 0.6 is 0 Å². The standard InChI is InChI=1S/C20H19F3O4/c1-4-13-8-9-17(12(2)10-13)27-11-15-14(18(24)19(25)26-3)6-5-7-16(15)20(21,22)23/h5-10H,4,11H2,1-3H3. The number of ketones is 1. The van der Waals surface area contributed by atoms with Crippen molar-refractivity contribution in [2.24, 2.45) is 0 Å². The fraction of sp³-hybridized carbons (Fsp3) is 0.300. The third kappa shape index (κ3) is 4.67. The molecular weight excluding hydrogens is 361 g/mol. The minimum absolute atomic E-state index is 0.389. The Bertz CT molecular complexity index is 857. The van der Waals surface area contributed by atoms with Gasteiger partial charge < -0.3 is 9.47 Å². The Morgan fingerprint density at radius 1 is 1.11 bits per heavy atom. The molecule has 0 atom stereocenters. The molecule has 0 amide bonds. The smallest absolute Gasteiger partial charge is 0.416 e. The van der Waals surface area contributed by atoms with Gasteiger partial charge in [-0.3, -0.25) is 4.79 Å². The highest BCUT2D eigenvalue weighted by molar-refractivity contribution is 6.41. The lowest BCUT2D eigenvalue weighted by molar-refractivity contribution is -0.139. The number of ether oxygens (including phenoxy) is 2. The summed E-state index contributed by atoms with van der Waals surface area (Å²) in [5.74, 6) is -1.99. The fourth-order valence-electron chi connectivity index (χ4n) is 2.67. The van der Waals surface area contributed by atoms with Gasteiger partial charge in [-0.15, -0.1) is 0 Å². The molecular formula is C20H19F3O4. The number of methoxy groups -OCH3 is 1. The molecule has 0 heterocycles. The summed E-state index contributed by atoms with van der Waals surface area (Å²) in [6.07, 6.45) is -3.89. The number of carbonyl (C=O) groups excluding carboxylic acids is 2. The van der Waals surface area contributed by atoms with Crippen molar-refractivity contribution in [3.63, 3.8) is 0 Å². The molecule has 0 aliphatic carbocycles. The topological polar surface area (TPSA) is 52.6 Å². The third-order valence-corrected chi connectivity index (χ3v) is 4.12. The van der Waals surface area contributed by atoms with E-state index in [0.717, 1.165) is 42.9 Å². The van der Waals surface area contributed by atoms with E-state index in [4.69, 9.17) is 4.74 Å². The van der Waals surface area contributed by atoms with Crippen molar-refractivity contribution in [2.45, 2.75) is 33.1 Å². The first-order chi connectivity index (χ1) is 12.7. The maximum absolute atomic E-state index is 13.4. The molecule has 0 spiro atoms. The molecule has 0 bridgehead atoms. The lowest BCUT2D eigenvalue weighted by Gasteiger charge is -2.17. The molecule has 7 heteroatoms. The highest BCUT2D eigenvalue weighted by Crippen LogP contribution is 2.34. The summed E-state index contributed by atoms with van der Waals surface area (Å²) in [7, 11) is 0.989. The first-order valence-electron chi connectivity index (χ1n) is 8.23. The van der Waals surface area contributed by atoms with Crippen LogP contribution in [-0.2, 0) is 28.7 Å². The average molecular weight is 380 g/mol. The molecule has 144 valence electrons. The second-order valence-corrected chi connectivity index (χ2v) is 5.89. The summed E-state index contributed by atoms with van der Waals surface area (Å²) in [6.45, 7) is 3.25. The molecule has 0 saturated carbocycles. The minimum atomic E-state index is -4.70. The van der Waals surface area contributed by atoms with Gasteiger partial charge in [-0.2, -0.15) is 13.2 Å². The molecule has 4 nitrogen and oxygen atoms in total. The van der Waals surface area contributed by atoms with Gasteiger partial charge in [0.2, 0.25) is 0 Å². The van der Waals surface area contributed by atoms with E-state index in [1.165, 1.54) is 0 Å². The van der Waals surface area contributed by atoms with Gasteiger partial charge in [-0.05, 0) is 36.6 Å². The predicted octanol–water partition coefficient (Wildman–Crippen LogP) is 4.51. The van der Waals surface area contributed by atoms with Gasteiger partial charge in [0.25, 0.3) is 5.78 Å². The van der Waals surface area contributed by atoms with Crippen LogP contribution in [-0.4, -0.2) is 18.9 Å². The quantitative estimate of drug-likeness (QED) is 0.420. The summed E-state index contributed by atoms with van der Waals surface area (Å²) in [4.78, 5) is 23.7. The molecule has 0 aliphatic heterocycles. The molecule has 0 saturated heterocycles. The van der Waals surface area contributed by atoms with Crippen molar-refractivity contribution >= 4 is 11.8 Å². The van der Waals surface area contributed by atoms with E-state index < -0.39 is 35.7 Å². The molecule has 2 rings (SSSR count). The number of Topliss-reactive ketones (excluding diaryl/α,β-unsaturated/α-hetero) is 1. The van der Waals surface area contributed by atoms with E-state index in [-0.39, 0.29) is 5.56 Å². The molecule has 0 aromatic heterocycles. The molecule has 2 aromatic rings. The minimum Gasteiger partial charge on any atom is -0.489 e. The zero-order chi connectivity index (χ0) is 20.2. The summed E-state index contributed by atoms with van der Waals surface area (Å²) in [5.41, 5.74) is 0.00995. The molecule has 2 aromatic carbocycles. The van der Waals surface area contributed by atoms with E-state index >= 15 is 0 Å². The molecule has 0 unspecified atom stereocenters. The first-order valence-corrected chi connectivity index (χ1v) is 8.23. The van der Waals surface area contributed by atoms with Crippen LogP contribution in [0.2, 0.25) is 0 Å². The summed E-state index contributed by atoms with van der Waals surface area (Å²) < 4.78 is 50.1. The number of benzene rings is 2. The van der Waals surface area contributed by atoms with Crippen molar-refractivity contribution in [2.75, 3.05) is 7.11 Å².